The van der Waals surface area contributed by atoms with E-state index in [-0.39, 0.29) is 11.8 Å². The molecule has 126 valence electrons. The molecule has 0 aliphatic rings. The molecule has 4 heteroatoms. The van der Waals surface area contributed by atoms with Crippen LogP contribution in [0.15, 0.2) is 60.7 Å². The lowest BCUT2D eigenvalue weighted by Crippen LogP contribution is -2.41. The van der Waals surface area contributed by atoms with E-state index in [2.05, 4.69) is 0 Å². The van der Waals surface area contributed by atoms with Gasteiger partial charge in [-0.3, -0.25) is 9.59 Å². The number of benzene rings is 2. The van der Waals surface area contributed by atoms with Crippen LogP contribution in [-0.4, -0.2) is 47.8 Å². The maximum atomic E-state index is 12.5. The van der Waals surface area contributed by atoms with Crippen molar-refractivity contribution in [1.82, 2.24) is 9.80 Å². The fraction of sp³-hybridized carbons (Fsp3) is 0.300. The molecule has 2 aromatic carbocycles. The van der Waals surface area contributed by atoms with Gasteiger partial charge in [0.25, 0.3) is 11.8 Å². The number of carbonyl (C=O) groups excluding carboxylic acids is 2. The fourth-order valence-corrected chi connectivity index (χ4v) is 2.57. The van der Waals surface area contributed by atoms with Crippen molar-refractivity contribution in [2.24, 2.45) is 0 Å². The first-order valence-electron chi connectivity index (χ1n) is 8.36. The Balaban J connectivity index is 2.00. The van der Waals surface area contributed by atoms with Gasteiger partial charge in [0.05, 0.1) is 0 Å². The van der Waals surface area contributed by atoms with Gasteiger partial charge >= 0.3 is 0 Å². The summed E-state index contributed by atoms with van der Waals surface area (Å²) in [4.78, 5) is 28.6. The Kier molecular flexibility index (Phi) is 6.55. The van der Waals surface area contributed by atoms with Crippen molar-refractivity contribution >= 4 is 11.8 Å². The Bertz CT molecular complexity index is 596. The van der Waals surface area contributed by atoms with Gasteiger partial charge in [-0.2, -0.15) is 0 Å². The topological polar surface area (TPSA) is 40.6 Å². The standard InChI is InChI=1S/C20H24N2O2/c1-3-21(19(23)17-11-7-5-8-12-17)15-16-22(4-2)20(24)18-13-9-6-10-14-18/h5-14H,3-4,15-16H2,1-2H3. The van der Waals surface area contributed by atoms with Crippen LogP contribution in [0.2, 0.25) is 0 Å². The van der Waals surface area contributed by atoms with Gasteiger partial charge in [-0.25, -0.2) is 0 Å². The second-order valence-corrected chi connectivity index (χ2v) is 5.50. The van der Waals surface area contributed by atoms with Gasteiger partial charge in [0.15, 0.2) is 0 Å². The van der Waals surface area contributed by atoms with Crippen LogP contribution in [0.1, 0.15) is 34.6 Å². The summed E-state index contributed by atoms with van der Waals surface area (Å²) in [5.41, 5.74) is 1.36. The van der Waals surface area contributed by atoms with Gasteiger partial charge in [-0.05, 0) is 38.1 Å². The van der Waals surface area contributed by atoms with Crippen molar-refractivity contribution in [2.75, 3.05) is 26.2 Å². The number of nitrogens with zero attached hydrogens (tertiary/aromatic N) is 2. The molecule has 0 aliphatic heterocycles. The summed E-state index contributed by atoms with van der Waals surface area (Å²) in [6.07, 6.45) is 0. The highest BCUT2D eigenvalue weighted by atomic mass is 16.2. The lowest BCUT2D eigenvalue weighted by atomic mass is 10.2. The molecule has 2 rings (SSSR count). The number of rotatable bonds is 7. The minimum Gasteiger partial charge on any atom is -0.337 e. The van der Waals surface area contributed by atoms with Gasteiger partial charge in [0.1, 0.15) is 0 Å². The highest BCUT2D eigenvalue weighted by Gasteiger charge is 2.18. The molecule has 4 nitrogen and oxygen atoms in total. The molecule has 0 N–H and O–H groups in total. The minimum absolute atomic E-state index is 0.00122. The van der Waals surface area contributed by atoms with Gasteiger partial charge in [0, 0.05) is 37.3 Å². The van der Waals surface area contributed by atoms with Crippen molar-refractivity contribution in [3.05, 3.63) is 71.8 Å². The van der Waals surface area contributed by atoms with E-state index in [1.807, 2.05) is 74.5 Å². The van der Waals surface area contributed by atoms with Crippen molar-refractivity contribution in [2.45, 2.75) is 13.8 Å². The molecule has 0 unspecified atom stereocenters. The third-order valence-electron chi connectivity index (χ3n) is 4.02. The number of hydrogen-bond acceptors (Lipinski definition) is 2. The van der Waals surface area contributed by atoms with Gasteiger partial charge in [-0.1, -0.05) is 36.4 Å². The third kappa shape index (κ3) is 4.44. The normalized spacial score (nSPS) is 10.2. The molecule has 0 spiro atoms. The summed E-state index contributed by atoms with van der Waals surface area (Å²) >= 11 is 0. The van der Waals surface area contributed by atoms with Crippen LogP contribution in [-0.2, 0) is 0 Å². The summed E-state index contributed by atoms with van der Waals surface area (Å²) in [6, 6.07) is 18.5. The molecule has 0 bridgehead atoms. The van der Waals surface area contributed by atoms with E-state index < -0.39 is 0 Å². The van der Waals surface area contributed by atoms with Crippen LogP contribution in [0.5, 0.6) is 0 Å². The quantitative estimate of drug-likeness (QED) is 0.784. The predicted octanol–water partition coefficient (Wildman–Crippen LogP) is 3.31. The van der Waals surface area contributed by atoms with Crippen LogP contribution in [0.3, 0.4) is 0 Å². The van der Waals surface area contributed by atoms with Crippen molar-refractivity contribution in [3.8, 4) is 0 Å². The van der Waals surface area contributed by atoms with E-state index in [0.29, 0.717) is 37.3 Å². The highest BCUT2D eigenvalue weighted by molar-refractivity contribution is 5.95. The van der Waals surface area contributed by atoms with E-state index in [1.165, 1.54) is 0 Å². The molecule has 0 heterocycles. The zero-order chi connectivity index (χ0) is 17.4. The smallest absolute Gasteiger partial charge is 0.253 e. The average Bonchev–Trinajstić information content (AvgIpc) is 2.66. The fourth-order valence-electron chi connectivity index (χ4n) is 2.57. The first-order chi connectivity index (χ1) is 11.7. The molecule has 0 fully saturated rings. The summed E-state index contributed by atoms with van der Waals surface area (Å²) in [5, 5.41) is 0. The third-order valence-corrected chi connectivity index (χ3v) is 4.02. The summed E-state index contributed by atoms with van der Waals surface area (Å²) in [5.74, 6) is 0.00243. The second kappa shape index (κ2) is 8.87. The molecule has 0 saturated carbocycles. The van der Waals surface area contributed by atoms with Gasteiger partial charge < -0.3 is 9.80 Å². The molecule has 0 radical (unpaired) electrons. The summed E-state index contributed by atoms with van der Waals surface area (Å²) in [6.45, 7) is 6.19. The predicted molar refractivity (Wildman–Crippen MR) is 96.0 cm³/mol. The number of amides is 2. The van der Waals surface area contributed by atoms with E-state index in [1.54, 1.807) is 9.80 Å². The Morgan fingerprint density at radius 1 is 0.667 bits per heavy atom. The van der Waals surface area contributed by atoms with Crippen LogP contribution < -0.4 is 0 Å². The van der Waals surface area contributed by atoms with Crippen LogP contribution in [0.4, 0.5) is 0 Å². The summed E-state index contributed by atoms with van der Waals surface area (Å²) < 4.78 is 0. The van der Waals surface area contributed by atoms with Crippen molar-refractivity contribution in [1.29, 1.82) is 0 Å². The lowest BCUT2D eigenvalue weighted by Gasteiger charge is -2.26. The van der Waals surface area contributed by atoms with Crippen molar-refractivity contribution in [3.63, 3.8) is 0 Å². The first-order valence-corrected chi connectivity index (χ1v) is 8.36. The molecule has 24 heavy (non-hydrogen) atoms. The Morgan fingerprint density at radius 2 is 1.00 bits per heavy atom. The molecule has 0 atom stereocenters. The molecule has 2 aromatic rings. The largest absolute Gasteiger partial charge is 0.337 e. The highest BCUT2D eigenvalue weighted by Crippen LogP contribution is 2.07. The van der Waals surface area contributed by atoms with E-state index >= 15 is 0 Å². The van der Waals surface area contributed by atoms with Crippen LogP contribution in [0, 0.1) is 0 Å². The molecule has 0 aliphatic carbocycles. The van der Waals surface area contributed by atoms with Gasteiger partial charge in [-0.15, -0.1) is 0 Å². The number of carbonyl (C=O) groups is 2. The SMILES string of the molecule is CCN(CCN(CC)C(=O)c1ccccc1)C(=O)c1ccccc1. The van der Waals surface area contributed by atoms with Gasteiger partial charge in [0.2, 0.25) is 0 Å². The molecule has 0 aromatic heterocycles. The Labute approximate surface area is 143 Å². The van der Waals surface area contributed by atoms with Crippen molar-refractivity contribution < 1.29 is 9.59 Å². The Morgan fingerprint density at radius 3 is 1.29 bits per heavy atom. The van der Waals surface area contributed by atoms with Crippen LogP contribution in [0.25, 0.3) is 0 Å². The van der Waals surface area contributed by atoms with E-state index in [4.69, 9.17) is 0 Å². The van der Waals surface area contributed by atoms with E-state index in [9.17, 15) is 9.59 Å². The number of hydrogen-bond donors (Lipinski definition) is 0. The minimum atomic E-state index is 0.00122. The van der Waals surface area contributed by atoms with Crippen LogP contribution >= 0.6 is 0 Å². The lowest BCUT2D eigenvalue weighted by molar-refractivity contribution is 0.0674. The maximum Gasteiger partial charge on any atom is 0.253 e. The first kappa shape index (κ1) is 17.7. The second-order valence-electron chi connectivity index (χ2n) is 5.50. The number of likely N-dealkylation sites (N-methyl/N-ethyl adjacent to an activating group) is 2. The molecule has 0 saturated heterocycles. The zero-order valence-electron chi connectivity index (χ0n) is 14.3. The monoisotopic (exact) mass is 324 g/mol. The molecular weight excluding hydrogens is 300 g/mol. The molecule has 2 amide bonds. The Hall–Kier alpha value is -2.62. The van der Waals surface area contributed by atoms with E-state index in [0.717, 1.165) is 0 Å². The maximum absolute atomic E-state index is 12.5. The molecular formula is C20H24N2O2. The zero-order valence-corrected chi connectivity index (χ0v) is 14.3. The summed E-state index contributed by atoms with van der Waals surface area (Å²) in [7, 11) is 0. The average molecular weight is 324 g/mol.